The van der Waals surface area contributed by atoms with Gasteiger partial charge in [-0.05, 0) is 31.9 Å². The van der Waals surface area contributed by atoms with Crippen LogP contribution in [0.1, 0.15) is 49.3 Å². The Bertz CT molecular complexity index is 347. The molecule has 1 aliphatic rings. The molecule has 0 aliphatic carbocycles. The van der Waals surface area contributed by atoms with Crippen LogP contribution in [0.2, 0.25) is 0 Å². The minimum atomic E-state index is 0.472. The SMILES string of the molecule is CCCC[C@H](c1cc(C)c(C)o1)N1CCNCC1. The van der Waals surface area contributed by atoms with E-state index >= 15 is 0 Å². The second-order valence-electron chi connectivity index (χ2n) is 5.33. The molecule has 1 saturated heterocycles. The molecule has 3 heteroatoms. The first-order valence-corrected chi connectivity index (χ1v) is 7.24. The number of aryl methyl sites for hydroxylation is 2. The smallest absolute Gasteiger partial charge is 0.121 e. The molecular weight excluding hydrogens is 224 g/mol. The van der Waals surface area contributed by atoms with Crippen molar-refractivity contribution in [2.45, 2.75) is 46.1 Å². The van der Waals surface area contributed by atoms with Crippen LogP contribution >= 0.6 is 0 Å². The van der Waals surface area contributed by atoms with Crippen LogP contribution in [0.15, 0.2) is 10.5 Å². The van der Waals surface area contributed by atoms with Crippen LogP contribution in [0, 0.1) is 13.8 Å². The molecule has 0 radical (unpaired) electrons. The van der Waals surface area contributed by atoms with Crippen molar-refractivity contribution in [3.63, 3.8) is 0 Å². The molecule has 1 N–H and O–H groups in total. The number of unbranched alkanes of at least 4 members (excludes halogenated alkanes) is 1. The summed E-state index contributed by atoms with van der Waals surface area (Å²) in [5, 5.41) is 3.42. The highest BCUT2D eigenvalue weighted by Crippen LogP contribution is 2.29. The third kappa shape index (κ3) is 3.15. The number of hydrogen-bond donors (Lipinski definition) is 1. The predicted octanol–water partition coefficient (Wildman–Crippen LogP) is 3.03. The number of furan rings is 1. The lowest BCUT2D eigenvalue weighted by molar-refractivity contribution is 0.143. The summed E-state index contributed by atoms with van der Waals surface area (Å²) in [4.78, 5) is 2.57. The minimum absolute atomic E-state index is 0.472. The van der Waals surface area contributed by atoms with E-state index in [4.69, 9.17) is 4.42 Å². The Balaban J connectivity index is 2.12. The maximum absolute atomic E-state index is 5.96. The zero-order chi connectivity index (χ0) is 13.0. The molecule has 0 aromatic carbocycles. The second kappa shape index (κ2) is 6.39. The van der Waals surface area contributed by atoms with Crippen LogP contribution in [-0.4, -0.2) is 31.1 Å². The molecule has 3 nitrogen and oxygen atoms in total. The van der Waals surface area contributed by atoms with Gasteiger partial charge < -0.3 is 9.73 Å². The van der Waals surface area contributed by atoms with Gasteiger partial charge >= 0.3 is 0 Å². The molecule has 1 fully saturated rings. The Morgan fingerprint density at radius 3 is 2.61 bits per heavy atom. The number of rotatable bonds is 5. The molecule has 1 aliphatic heterocycles. The van der Waals surface area contributed by atoms with Crippen LogP contribution in [0.4, 0.5) is 0 Å². The quantitative estimate of drug-likeness (QED) is 0.870. The van der Waals surface area contributed by atoms with E-state index in [1.54, 1.807) is 0 Å². The largest absolute Gasteiger partial charge is 0.464 e. The maximum atomic E-state index is 5.96. The number of nitrogens with one attached hydrogen (secondary N) is 1. The fourth-order valence-corrected chi connectivity index (χ4v) is 2.66. The molecule has 2 rings (SSSR count). The summed E-state index contributed by atoms with van der Waals surface area (Å²) in [6.45, 7) is 10.9. The molecule has 1 atom stereocenters. The Hall–Kier alpha value is -0.800. The van der Waals surface area contributed by atoms with Crippen LogP contribution in [0.25, 0.3) is 0 Å². The van der Waals surface area contributed by atoms with Gasteiger partial charge in [0.05, 0.1) is 6.04 Å². The van der Waals surface area contributed by atoms with Gasteiger partial charge in [0.25, 0.3) is 0 Å². The Morgan fingerprint density at radius 1 is 1.33 bits per heavy atom. The Kier molecular flexibility index (Phi) is 4.84. The second-order valence-corrected chi connectivity index (χ2v) is 5.33. The van der Waals surface area contributed by atoms with Crippen molar-refractivity contribution >= 4 is 0 Å². The predicted molar refractivity (Wildman–Crippen MR) is 74.9 cm³/mol. The Morgan fingerprint density at radius 2 is 2.06 bits per heavy atom. The molecule has 0 bridgehead atoms. The van der Waals surface area contributed by atoms with Gasteiger partial charge in [-0.25, -0.2) is 0 Å². The molecule has 2 heterocycles. The molecule has 1 aromatic heterocycles. The lowest BCUT2D eigenvalue weighted by Crippen LogP contribution is -2.45. The van der Waals surface area contributed by atoms with E-state index in [9.17, 15) is 0 Å². The molecule has 0 spiro atoms. The highest BCUT2D eigenvalue weighted by atomic mass is 16.3. The van der Waals surface area contributed by atoms with E-state index in [-0.39, 0.29) is 0 Å². The van der Waals surface area contributed by atoms with Crippen molar-refractivity contribution in [2.75, 3.05) is 26.2 Å². The molecule has 1 aromatic rings. The minimum Gasteiger partial charge on any atom is -0.464 e. The van der Waals surface area contributed by atoms with Crippen molar-refractivity contribution in [3.8, 4) is 0 Å². The fraction of sp³-hybridized carbons (Fsp3) is 0.733. The topological polar surface area (TPSA) is 28.4 Å². The fourth-order valence-electron chi connectivity index (χ4n) is 2.66. The van der Waals surface area contributed by atoms with Gasteiger partial charge in [0.1, 0.15) is 11.5 Å². The first kappa shape index (κ1) is 13.6. The van der Waals surface area contributed by atoms with E-state index in [1.807, 2.05) is 0 Å². The van der Waals surface area contributed by atoms with Crippen LogP contribution in [0.5, 0.6) is 0 Å². The number of hydrogen-bond acceptors (Lipinski definition) is 3. The van der Waals surface area contributed by atoms with Crippen molar-refractivity contribution < 1.29 is 4.42 Å². The van der Waals surface area contributed by atoms with Crippen molar-refractivity contribution in [3.05, 3.63) is 23.2 Å². The van der Waals surface area contributed by atoms with Gasteiger partial charge in [0.2, 0.25) is 0 Å². The third-order valence-corrected chi connectivity index (χ3v) is 3.94. The molecule has 0 amide bonds. The summed E-state index contributed by atoms with van der Waals surface area (Å²) in [5.41, 5.74) is 1.28. The summed E-state index contributed by atoms with van der Waals surface area (Å²) >= 11 is 0. The highest BCUT2D eigenvalue weighted by molar-refractivity contribution is 5.21. The summed E-state index contributed by atoms with van der Waals surface area (Å²) in [6, 6.07) is 2.71. The monoisotopic (exact) mass is 250 g/mol. The third-order valence-electron chi connectivity index (χ3n) is 3.94. The van der Waals surface area contributed by atoms with Crippen LogP contribution in [-0.2, 0) is 0 Å². The van der Waals surface area contributed by atoms with Gasteiger partial charge in [-0.1, -0.05) is 19.8 Å². The van der Waals surface area contributed by atoms with E-state index in [2.05, 4.69) is 37.1 Å². The zero-order valence-electron chi connectivity index (χ0n) is 12.0. The maximum Gasteiger partial charge on any atom is 0.121 e. The molecular formula is C15H26N2O. The molecule has 0 unspecified atom stereocenters. The first-order chi connectivity index (χ1) is 8.72. The van der Waals surface area contributed by atoms with Gasteiger partial charge in [-0.15, -0.1) is 0 Å². The average molecular weight is 250 g/mol. The highest BCUT2D eigenvalue weighted by Gasteiger charge is 2.24. The van der Waals surface area contributed by atoms with Crippen molar-refractivity contribution in [2.24, 2.45) is 0 Å². The van der Waals surface area contributed by atoms with Gasteiger partial charge in [0, 0.05) is 26.2 Å². The van der Waals surface area contributed by atoms with Gasteiger partial charge in [-0.3, -0.25) is 4.90 Å². The summed E-state index contributed by atoms with van der Waals surface area (Å²) in [6.07, 6.45) is 3.73. The average Bonchev–Trinajstić information content (AvgIpc) is 2.71. The molecule has 0 saturated carbocycles. The number of nitrogens with zero attached hydrogens (tertiary/aromatic N) is 1. The summed E-state index contributed by atoms with van der Waals surface area (Å²) < 4.78 is 5.96. The first-order valence-electron chi connectivity index (χ1n) is 7.24. The van der Waals surface area contributed by atoms with E-state index in [0.717, 1.165) is 31.9 Å². The van der Waals surface area contributed by atoms with Crippen molar-refractivity contribution in [1.82, 2.24) is 10.2 Å². The van der Waals surface area contributed by atoms with E-state index < -0.39 is 0 Å². The lowest BCUT2D eigenvalue weighted by Gasteiger charge is -2.33. The van der Waals surface area contributed by atoms with E-state index in [0.29, 0.717) is 6.04 Å². The van der Waals surface area contributed by atoms with E-state index in [1.165, 1.54) is 30.6 Å². The normalized spacial score (nSPS) is 19.1. The van der Waals surface area contributed by atoms with Gasteiger partial charge in [-0.2, -0.15) is 0 Å². The standard InChI is InChI=1S/C15H26N2O/c1-4-5-6-14(17-9-7-16-8-10-17)15-11-12(2)13(3)18-15/h11,14,16H,4-10H2,1-3H3/t14-/m1/s1. The van der Waals surface area contributed by atoms with Crippen LogP contribution in [0.3, 0.4) is 0 Å². The molecule has 102 valence electrons. The zero-order valence-corrected chi connectivity index (χ0v) is 12.0. The molecule has 18 heavy (non-hydrogen) atoms. The Labute approximate surface area is 111 Å². The lowest BCUT2D eigenvalue weighted by atomic mass is 10.0. The summed E-state index contributed by atoms with van der Waals surface area (Å²) in [7, 11) is 0. The van der Waals surface area contributed by atoms with Crippen LogP contribution < -0.4 is 5.32 Å². The number of piperazine rings is 1. The van der Waals surface area contributed by atoms with Crippen molar-refractivity contribution in [1.29, 1.82) is 0 Å². The van der Waals surface area contributed by atoms with Gasteiger partial charge in [0.15, 0.2) is 0 Å². The summed E-state index contributed by atoms with van der Waals surface area (Å²) in [5.74, 6) is 2.24.